The highest BCUT2D eigenvalue weighted by Gasteiger charge is 2.28. The van der Waals surface area contributed by atoms with Gasteiger partial charge < -0.3 is 10.1 Å². The van der Waals surface area contributed by atoms with Crippen LogP contribution in [0.2, 0.25) is 0 Å². The van der Waals surface area contributed by atoms with Crippen LogP contribution in [0.4, 0.5) is 4.79 Å². The number of carbonyl (C=O) groups is 3. The molecule has 0 unspecified atom stereocenters. The molecule has 0 spiro atoms. The van der Waals surface area contributed by atoms with Crippen LogP contribution < -0.4 is 10.6 Å². The van der Waals surface area contributed by atoms with E-state index in [4.69, 9.17) is 9.72 Å². The van der Waals surface area contributed by atoms with Gasteiger partial charge in [0.15, 0.2) is 6.61 Å². The maximum atomic E-state index is 13.1. The van der Waals surface area contributed by atoms with Crippen LogP contribution in [-0.4, -0.2) is 36.0 Å². The molecular formula is C24H23N3O4S. The van der Waals surface area contributed by atoms with Crippen molar-refractivity contribution in [2.24, 2.45) is 0 Å². The molecule has 0 atom stereocenters. The van der Waals surface area contributed by atoms with Crippen molar-refractivity contribution in [2.45, 2.75) is 26.2 Å². The number of nitrogens with one attached hydrogen (secondary N) is 2. The number of para-hydroxylation sites is 1. The van der Waals surface area contributed by atoms with E-state index in [1.807, 2.05) is 48.7 Å². The topological polar surface area (TPSA) is 97.4 Å². The zero-order valence-corrected chi connectivity index (χ0v) is 18.5. The van der Waals surface area contributed by atoms with Crippen molar-refractivity contribution in [3.63, 3.8) is 0 Å². The Morgan fingerprint density at radius 2 is 2.00 bits per heavy atom. The van der Waals surface area contributed by atoms with Crippen molar-refractivity contribution >= 4 is 51.8 Å². The number of allylic oxidation sites excluding steroid dienone is 1. The van der Waals surface area contributed by atoms with Gasteiger partial charge in [-0.2, -0.15) is 0 Å². The number of esters is 1. The normalized spacial score (nSPS) is 13.7. The number of nitrogens with zero attached hydrogens (tertiary/aromatic N) is 1. The largest absolute Gasteiger partial charge is 0.452 e. The first-order chi connectivity index (χ1) is 15.6. The van der Waals surface area contributed by atoms with Crippen LogP contribution >= 0.6 is 11.3 Å². The first kappa shape index (κ1) is 21.7. The van der Waals surface area contributed by atoms with Crippen molar-refractivity contribution in [1.82, 2.24) is 15.6 Å². The van der Waals surface area contributed by atoms with Crippen LogP contribution in [0.25, 0.3) is 22.6 Å². The molecule has 0 aliphatic heterocycles. The van der Waals surface area contributed by atoms with Gasteiger partial charge in [-0.05, 0) is 54.0 Å². The zero-order valence-electron chi connectivity index (χ0n) is 17.6. The van der Waals surface area contributed by atoms with Crippen molar-refractivity contribution in [3.8, 4) is 0 Å². The first-order valence-corrected chi connectivity index (χ1v) is 11.4. The third kappa shape index (κ3) is 4.70. The summed E-state index contributed by atoms with van der Waals surface area (Å²) in [6.07, 6.45) is 4.30. The Morgan fingerprint density at radius 1 is 1.16 bits per heavy atom. The van der Waals surface area contributed by atoms with Crippen LogP contribution in [-0.2, 0) is 16.0 Å². The van der Waals surface area contributed by atoms with Gasteiger partial charge in [0, 0.05) is 16.8 Å². The predicted molar refractivity (Wildman–Crippen MR) is 124 cm³/mol. The molecule has 2 heterocycles. The summed E-state index contributed by atoms with van der Waals surface area (Å²) in [5, 5.41) is 7.40. The number of benzene rings is 1. The molecule has 4 rings (SSSR count). The fourth-order valence-electron chi connectivity index (χ4n) is 3.71. The smallest absolute Gasteiger partial charge is 0.339 e. The number of imide groups is 1. The lowest BCUT2D eigenvalue weighted by atomic mass is 10.0. The van der Waals surface area contributed by atoms with E-state index in [2.05, 4.69) is 16.7 Å². The number of rotatable bonds is 6. The fraction of sp³-hybridized carbons (Fsp3) is 0.250. The highest BCUT2D eigenvalue weighted by Crippen LogP contribution is 2.38. The first-order valence-electron chi connectivity index (χ1n) is 10.5. The number of hydrogen-bond acceptors (Lipinski definition) is 6. The second-order valence-electron chi connectivity index (χ2n) is 7.40. The highest BCUT2D eigenvalue weighted by molar-refractivity contribution is 7.10. The zero-order chi connectivity index (χ0) is 22.5. The van der Waals surface area contributed by atoms with Gasteiger partial charge in [-0.15, -0.1) is 11.3 Å². The second-order valence-corrected chi connectivity index (χ2v) is 8.38. The minimum absolute atomic E-state index is 0.434. The lowest BCUT2D eigenvalue weighted by Gasteiger charge is -2.12. The molecular weight excluding hydrogens is 426 g/mol. The van der Waals surface area contributed by atoms with Crippen molar-refractivity contribution in [3.05, 3.63) is 63.5 Å². The van der Waals surface area contributed by atoms with Gasteiger partial charge in [0.05, 0.1) is 16.8 Å². The molecule has 1 aliphatic carbocycles. The van der Waals surface area contributed by atoms with Gasteiger partial charge in [-0.1, -0.05) is 31.2 Å². The minimum Gasteiger partial charge on any atom is -0.452 e. The molecule has 0 saturated carbocycles. The summed E-state index contributed by atoms with van der Waals surface area (Å²) in [6.45, 7) is 1.82. The highest BCUT2D eigenvalue weighted by atomic mass is 32.1. The summed E-state index contributed by atoms with van der Waals surface area (Å²) in [5.74, 6) is -1.28. The number of carbonyl (C=O) groups excluding carboxylic acids is 3. The number of pyridine rings is 1. The number of urea groups is 1. The lowest BCUT2D eigenvalue weighted by molar-refractivity contribution is -0.123. The van der Waals surface area contributed by atoms with E-state index in [0.717, 1.165) is 34.5 Å². The Morgan fingerprint density at radius 3 is 2.78 bits per heavy atom. The summed E-state index contributed by atoms with van der Waals surface area (Å²) < 4.78 is 5.29. The molecule has 3 aromatic rings. The quantitative estimate of drug-likeness (QED) is 0.551. The number of fused-ring (bicyclic) bond motifs is 2. The molecule has 2 aromatic heterocycles. The van der Waals surface area contributed by atoms with Crippen LogP contribution in [0, 0.1) is 0 Å². The molecule has 7 nitrogen and oxygen atoms in total. The fourth-order valence-corrected chi connectivity index (χ4v) is 4.39. The van der Waals surface area contributed by atoms with Crippen LogP contribution in [0.3, 0.4) is 0 Å². The lowest BCUT2D eigenvalue weighted by Crippen LogP contribution is -2.41. The average Bonchev–Trinajstić information content (AvgIpc) is 3.45. The van der Waals surface area contributed by atoms with E-state index in [1.54, 1.807) is 11.3 Å². The molecule has 32 heavy (non-hydrogen) atoms. The Balaban J connectivity index is 1.59. The number of thiophene rings is 1. The van der Waals surface area contributed by atoms with E-state index in [9.17, 15) is 14.4 Å². The van der Waals surface area contributed by atoms with E-state index in [0.29, 0.717) is 29.4 Å². The number of hydrogen-bond donors (Lipinski definition) is 2. The van der Waals surface area contributed by atoms with Gasteiger partial charge in [-0.25, -0.2) is 14.6 Å². The van der Waals surface area contributed by atoms with E-state index < -0.39 is 24.5 Å². The molecule has 8 heteroatoms. The average molecular weight is 450 g/mol. The predicted octanol–water partition coefficient (Wildman–Crippen LogP) is 4.18. The summed E-state index contributed by atoms with van der Waals surface area (Å²) >= 11 is 1.65. The van der Waals surface area contributed by atoms with E-state index >= 15 is 0 Å². The molecule has 2 N–H and O–H groups in total. The second kappa shape index (κ2) is 9.74. The van der Waals surface area contributed by atoms with Crippen LogP contribution in [0.1, 0.15) is 46.3 Å². The molecule has 1 aliphatic rings. The molecule has 0 radical (unpaired) electrons. The van der Waals surface area contributed by atoms with Crippen molar-refractivity contribution < 1.29 is 19.1 Å². The van der Waals surface area contributed by atoms with Crippen LogP contribution in [0.15, 0.2) is 41.8 Å². The number of aromatic nitrogens is 1. The Hall–Kier alpha value is -3.52. The molecule has 0 bridgehead atoms. The van der Waals surface area contributed by atoms with Gasteiger partial charge >= 0.3 is 12.0 Å². The molecule has 1 aromatic carbocycles. The van der Waals surface area contributed by atoms with Crippen molar-refractivity contribution in [1.29, 1.82) is 0 Å². The Bertz CT molecular complexity index is 1200. The van der Waals surface area contributed by atoms with Gasteiger partial charge in [0.1, 0.15) is 0 Å². The number of ether oxygens (including phenoxy) is 1. The molecule has 3 amide bonds. The van der Waals surface area contributed by atoms with E-state index in [1.165, 1.54) is 0 Å². The maximum absolute atomic E-state index is 13.1. The van der Waals surface area contributed by atoms with Crippen molar-refractivity contribution in [2.75, 3.05) is 13.2 Å². The Labute approximate surface area is 189 Å². The standard InChI is InChI=1S/C24H23N3O4S/c1-2-11-25-24(30)27-20(28)14-31-23(29)21-17-7-3-4-8-19(17)26-22-15(9-10-18(21)22)13-16-6-5-12-32-16/h3-8,12-13H,2,9-11,14H2,1H3,(H2,25,27,28,30)/b15-13+. The maximum Gasteiger partial charge on any atom is 0.339 e. The SMILES string of the molecule is CCCNC(=O)NC(=O)COC(=O)c1c2c(nc3ccccc13)/C(=C/c1cccs1)CC2. The molecule has 0 fully saturated rings. The summed E-state index contributed by atoms with van der Waals surface area (Å²) in [7, 11) is 0. The van der Waals surface area contributed by atoms with E-state index in [-0.39, 0.29) is 0 Å². The summed E-state index contributed by atoms with van der Waals surface area (Å²) in [6, 6.07) is 10.8. The van der Waals surface area contributed by atoms with Crippen LogP contribution in [0.5, 0.6) is 0 Å². The van der Waals surface area contributed by atoms with Gasteiger partial charge in [0.25, 0.3) is 5.91 Å². The third-order valence-corrected chi connectivity index (χ3v) is 5.95. The van der Waals surface area contributed by atoms with Gasteiger partial charge in [0.2, 0.25) is 0 Å². The Kier molecular flexibility index (Phi) is 6.61. The third-order valence-electron chi connectivity index (χ3n) is 5.13. The minimum atomic E-state index is -0.680. The monoisotopic (exact) mass is 449 g/mol. The molecule has 164 valence electrons. The number of amides is 3. The van der Waals surface area contributed by atoms with Gasteiger partial charge in [-0.3, -0.25) is 10.1 Å². The molecule has 0 saturated heterocycles. The summed E-state index contributed by atoms with van der Waals surface area (Å²) in [5.41, 5.74) is 3.83. The summed E-state index contributed by atoms with van der Waals surface area (Å²) in [4.78, 5) is 42.6.